The molecule has 1 atom stereocenters. The zero-order valence-electron chi connectivity index (χ0n) is 7.75. The summed E-state index contributed by atoms with van der Waals surface area (Å²) in [7, 11) is 0. The molecule has 0 heterocycles. The largest absolute Gasteiger partial charge is 0.489 e. The molecule has 1 N–H and O–H groups in total. The highest BCUT2D eigenvalue weighted by atomic mass is 35.5. The lowest BCUT2D eigenvalue weighted by atomic mass is 10.2. The van der Waals surface area contributed by atoms with Crippen LogP contribution in [0.2, 0.25) is 5.02 Å². The molecule has 1 aromatic carbocycles. The molecular formula is C10H13ClO2. The zero-order chi connectivity index (χ0) is 9.84. The van der Waals surface area contributed by atoms with Crippen molar-refractivity contribution in [1.82, 2.24) is 0 Å². The van der Waals surface area contributed by atoms with Crippen LogP contribution in [0.25, 0.3) is 0 Å². The molecule has 0 bridgehead atoms. The van der Waals surface area contributed by atoms with Gasteiger partial charge in [0.15, 0.2) is 0 Å². The average Bonchev–Trinajstić information content (AvgIpc) is 2.06. The molecule has 13 heavy (non-hydrogen) atoms. The number of hydrogen-bond donors (Lipinski definition) is 1. The SMILES string of the molecule is Cc1ccc(Cl)c(OCC(C)O)c1. The topological polar surface area (TPSA) is 29.5 Å². The molecular weight excluding hydrogens is 188 g/mol. The van der Waals surface area contributed by atoms with Crippen LogP contribution in [0.4, 0.5) is 0 Å². The Hall–Kier alpha value is -0.730. The van der Waals surface area contributed by atoms with Gasteiger partial charge in [-0.25, -0.2) is 0 Å². The number of halogens is 1. The molecule has 72 valence electrons. The van der Waals surface area contributed by atoms with Crippen LogP contribution in [0.5, 0.6) is 5.75 Å². The molecule has 0 spiro atoms. The van der Waals surface area contributed by atoms with Gasteiger partial charge in [0, 0.05) is 0 Å². The van der Waals surface area contributed by atoms with E-state index in [1.807, 2.05) is 19.1 Å². The van der Waals surface area contributed by atoms with E-state index >= 15 is 0 Å². The van der Waals surface area contributed by atoms with Crippen molar-refractivity contribution in [2.45, 2.75) is 20.0 Å². The summed E-state index contributed by atoms with van der Waals surface area (Å²) in [6.45, 7) is 3.90. The van der Waals surface area contributed by atoms with E-state index in [-0.39, 0.29) is 6.61 Å². The third-order valence-electron chi connectivity index (χ3n) is 1.57. The summed E-state index contributed by atoms with van der Waals surface area (Å²) in [5.41, 5.74) is 1.09. The highest BCUT2D eigenvalue weighted by Crippen LogP contribution is 2.25. The van der Waals surface area contributed by atoms with E-state index in [0.717, 1.165) is 5.56 Å². The molecule has 0 aliphatic rings. The molecule has 0 aromatic heterocycles. The van der Waals surface area contributed by atoms with Crippen LogP contribution in [0.1, 0.15) is 12.5 Å². The summed E-state index contributed by atoms with van der Waals surface area (Å²) in [6, 6.07) is 5.55. The standard InChI is InChI=1S/C10H13ClO2/c1-7-3-4-9(11)10(5-7)13-6-8(2)12/h3-5,8,12H,6H2,1-2H3. The summed E-state index contributed by atoms with van der Waals surface area (Å²) in [5.74, 6) is 0.627. The Kier molecular flexibility index (Phi) is 3.58. The minimum atomic E-state index is -0.475. The smallest absolute Gasteiger partial charge is 0.138 e. The van der Waals surface area contributed by atoms with Crippen molar-refractivity contribution in [1.29, 1.82) is 0 Å². The number of ether oxygens (including phenoxy) is 1. The van der Waals surface area contributed by atoms with E-state index in [1.165, 1.54) is 0 Å². The maximum atomic E-state index is 9.01. The van der Waals surface area contributed by atoms with E-state index < -0.39 is 6.10 Å². The number of aliphatic hydroxyl groups is 1. The molecule has 0 saturated carbocycles. The van der Waals surface area contributed by atoms with Gasteiger partial charge in [0.1, 0.15) is 12.4 Å². The zero-order valence-corrected chi connectivity index (χ0v) is 8.51. The summed E-state index contributed by atoms with van der Waals surface area (Å²) in [6.07, 6.45) is -0.475. The van der Waals surface area contributed by atoms with E-state index in [1.54, 1.807) is 13.0 Å². The second-order valence-corrected chi connectivity index (χ2v) is 3.50. The Balaban J connectivity index is 2.70. The van der Waals surface area contributed by atoms with Crippen molar-refractivity contribution in [2.75, 3.05) is 6.61 Å². The lowest BCUT2D eigenvalue weighted by Gasteiger charge is -2.09. The van der Waals surface area contributed by atoms with Gasteiger partial charge in [-0.2, -0.15) is 0 Å². The fourth-order valence-corrected chi connectivity index (χ4v) is 1.10. The van der Waals surface area contributed by atoms with Gasteiger partial charge in [0.25, 0.3) is 0 Å². The minimum Gasteiger partial charge on any atom is -0.489 e. The van der Waals surface area contributed by atoms with Gasteiger partial charge in [-0.15, -0.1) is 0 Å². The third kappa shape index (κ3) is 3.25. The van der Waals surface area contributed by atoms with Crippen LogP contribution < -0.4 is 4.74 Å². The molecule has 1 unspecified atom stereocenters. The highest BCUT2D eigenvalue weighted by Gasteiger charge is 2.02. The lowest BCUT2D eigenvalue weighted by molar-refractivity contribution is 0.123. The second-order valence-electron chi connectivity index (χ2n) is 3.09. The number of aliphatic hydroxyl groups excluding tert-OH is 1. The average molecular weight is 201 g/mol. The third-order valence-corrected chi connectivity index (χ3v) is 1.88. The maximum Gasteiger partial charge on any atom is 0.138 e. The lowest BCUT2D eigenvalue weighted by Crippen LogP contribution is -2.12. The fraction of sp³-hybridized carbons (Fsp3) is 0.400. The van der Waals surface area contributed by atoms with E-state index in [4.69, 9.17) is 21.4 Å². The first-order valence-corrected chi connectivity index (χ1v) is 4.54. The summed E-state index contributed by atoms with van der Waals surface area (Å²) in [4.78, 5) is 0. The van der Waals surface area contributed by atoms with Gasteiger partial charge < -0.3 is 9.84 Å². The molecule has 1 rings (SSSR count). The summed E-state index contributed by atoms with van der Waals surface area (Å²) in [5, 5.41) is 9.58. The van der Waals surface area contributed by atoms with Crippen LogP contribution in [0.3, 0.4) is 0 Å². The Morgan fingerprint density at radius 1 is 1.54 bits per heavy atom. The fourth-order valence-electron chi connectivity index (χ4n) is 0.932. The van der Waals surface area contributed by atoms with Crippen molar-refractivity contribution in [3.63, 3.8) is 0 Å². The number of hydrogen-bond acceptors (Lipinski definition) is 2. The minimum absolute atomic E-state index is 0.267. The Morgan fingerprint density at radius 3 is 2.85 bits per heavy atom. The van der Waals surface area contributed by atoms with Crippen LogP contribution in [-0.2, 0) is 0 Å². The first kappa shape index (κ1) is 10.4. The molecule has 0 amide bonds. The molecule has 0 fully saturated rings. The van der Waals surface area contributed by atoms with Crippen molar-refractivity contribution < 1.29 is 9.84 Å². The normalized spacial score (nSPS) is 12.6. The van der Waals surface area contributed by atoms with E-state index in [2.05, 4.69) is 0 Å². The van der Waals surface area contributed by atoms with Gasteiger partial charge in [-0.1, -0.05) is 17.7 Å². The van der Waals surface area contributed by atoms with Gasteiger partial charge in [-0.3, -0.25) is 0 Å². The predicted molar refractivity (Wildman–Crippen MR) is 53.4 cm³/mol. The second kappa shape index (κ2) is 4.49. The van der Waals surface area contributed by atoms with Gasteiger partial charge in [0.05, 0.1) is 11.1 Å². The summed E-state index contributed by atoms with van der Waals surface area (Å²) < 4.78 is 5.30. The molecule has 0 aliphatic carbocycles. The van der Waals surface area contributed by atoms with Crippen molar-refractivity contribution in [3.8, 4) is 5.75 Å². The molecule has 0 radical (unpaired) electrons. The Bertz CT molecular complexity index is 284. The van der Waals surface area contributed by atoms with Crippen LogP contribution >= 0.6 is 11.6 Å². The first-order chi connectivity index (χ1) is 6.09. The monoisotopic (exact) mass is 200 g/mol. The molecule has 3 heteroatoms. The number of aryl methyl sites for hydroxylation is 1. The van der Waals surface area contributed by atoms with Crippen molar-refractivity contribution in [3.05, 3.63) is 28.8 Å². The number of rotatable bonds is 3. The quantitative estimate of drug-likeness (QED) is 0.812. The molecule has 0 aliphatic heterocycles. The van der Waals surface area contributed by atoms with Gasteiger partial charge in [-0.05, 0) is 31.5 Å². The molecule has 0 saturated heterocycles. The highest BCUT2D eigenvalue weighted by molar-refractivity contribution is 6.32. The van der Waals surface area contributed by atoms with Crippen molar-refractivity contribution in [2.24, 2.45) is 0 Å². The molecule has 1 aromatic rings. The van der Waals surface area contributed by atoms with E-state index in [9.17, 15) is 0 Å². The predicted octanol–water partition coefficient (Wildman–Crippen LogP) is 2.41. The van der Waals surface area contributed by atoms with Gasteiger partial charge >= 0.3 is 0 Å². The van der Waals surface area contributed by atoms with Gasteiger partial charge in [0.2, 0.25) is 0 Å². The first-order valence-electron chi connectivity index (χ1n) is 4.16. The van der Waals surface area contributed by atoms with E-state index in [0.29, 0.717) is 10.8 Å². The van der Waals surface area contributed by atoms with Crippen LogP contribution in [-0.4, -0.2) is 17.8 Å². The Labute approximate surface area is 83.1 Å². The maximum absolute atomic E-state index is 9.01. The van der Waals surface area contributed by atoms with Crippen LogP contribution in [0, 0.1) is 6.92 Å². The van der Waals surface area contributed by atoms with Crippen molar-refractivity contribution >= 4 is 11.6 Å². The number of benzene rings is 1. The molecule has 2 nitrogen and oxygen atoms in total. The Morgan fingerprint density at radius 2 is 2.23 bits per heavy atom. The summed E-state index contributed by atoms with van der Waals surface area (Å²) >= 11 is 5.87. The van der Waals surface area contributed by atoms with Crippen LogP contribution in [0.15, 0.2) is 18.2 Å².